The lowest BCUT2D eigenvalue weighted by Crippen LogP contribution is -2.06. The summed E-state index contributed by atoms with van der Waals surface area (Å²) in [5.41, 5.74) is 1.34. The van der Waals surface area contributed by atoms with Crippen LogP contribution in [0.15, 0.2) is 59.2 Å². The highest BCUT2D eigenvalue weighted by Crippen LogP contribution is 2.22. The first-order valence-electron chi connectivity index (χ1n) is 7.27. The Kier molecular flexibility index (Phi) is 4.74. The second kappa shape index (κ2) is 7.12. The molecule has 1 aliphatic heterocycles. The molecule has 0 N–H and O–H groups in total. The van der Waals surface area contributed by atoms with Gasteiger partial charge in [0, 0.05) is 5.56 Å². The van der Waals surface area contributed by atoms with Gasteiger partial charge in [0.1, 0.15) is 11.5 Å². The van der Waals surface area contributed by atoms with Gasteiger partial charge in [-0.2, -0.15) is 8.78 Å². The van der Waals surface area contributed by atoms with Gasteiger partial charge in [-0.1, -0.05) is 12.1 Å². The fourth-order valence-corrected chi connectivity index (χ4v) is 2.20. The van der Waals surface area contributed by atoms with E-state index in [1.54, 1.807) is 37.5 Å². The number of esters is 1. The predicted molar refractivity (Wildman–Crippen MR) is 86.7 cm³/mol. The number of benzene rings is 2. The molecule has 3 rings (SSSR count). The summed E-state index contributed by atoms with van der Waals surface area (Å²) in [7, 11) is 1.55. The zero-order valence-corrected chi connectivity index (χ0v) is 13.1. The van der Waals surface area contributed by atoms with Gasteiger partial charge in [-0.25, -0.2) is 9.79 Å². The summed E-state index contributed by atoms with van der Waals surface area (Å²) >= 11 is 0. The lowest BCUT2D eigenvalue weighted by Gasteiger charge is -2.04. The first-order chi connectivity index (χ1) is 12.0. The summed E-state index contributed by atoms with van der Waals surface area (Å²) in [4.78, 5) is 16.1. The van der Waals surface area contributed by atoms with Crippen molar-refractivity contribution in [3.05, 3.63) is 65.4 Å². The van der Waals surface area contributed by atoms with Crippen molar-refractivity contribution in [2.75, 3.05) is 7.11 Å². The smallest absolute Gasteiger partial charge is 0.387 e. The highest BCUT2D eigenvalue weighted by atomic mass is 19.3. The van der Waals surface area contributed by atoms with Gasteiger partial charge >= 0.3 is 12.6 Å². The zero-order valence-electron chi connectivity index (χ0n) is 13.1. The monoisotopic (exact) mass is 345 g/mol. The van der Waals surface area contributed by atoms with Crippen LogP contribution in [0.1, 0.15) is 11.1 Å². The molecule has 0 unspecified atom stereocenters. The number of carbonyl (C=O) groups is 1. The largest absolute Gasteiger partial charge is 0.497 e. The molecule has 0 spiro atoms. The van der Waals surface area contributed by atoms with Gasteiger partial charge in [0.15, 0.2) is 5.70 Å². The molecule has 0 saturated heterocycles. The van der Waals surface area contributed by atoms with Crippen LogP contribution in [0.4, 0.5) is 8.78 Å². The van der Waals surface area contributed by atoms with Crippen LogP contribution < -0.4 is 9.47 Å². The van der Waals surface area contributed by atoms with Gasteiger partial charge in [0.05, 0.1) is 7.11 Å². The van der Waals surface area contributed by atoms with Gasteiger partial charge in [-0.15, -0.1) is 0 Å². The summed E-state index contributed by atoms with van der Waals surface area (Å²) in [5.74, 6) is 0.170. The van der Waals surface area contributed by atoms with Gasteiger partial charge in [-0.05, 0) is 48.0 Å². The molecule has 2 aromatic rings. The third-order valence-corrected chi connectivity index (χ3v) is 3.34. The lowest BCUT2D eigenvalue weighted by molar-refractivity contribution is -0.129. The Morgan fingerprint density at radius 1 is 1.12 bits per heavy atom. The van der Waals surface area contributed by atoms with Crippen LogP contribution in [0.5, 0.6) is 11.5 Å². The molecule has 1 aliphatic rings. The maximum atomic E-state index is 12.2. The van der Waals surface area contributed by atoms with Crippen LogP contribution in [-0.2, 0) is 9.53 Å². The molecule has 0 bridgehead atoms. The second-order valence-corrected chi connectivity index (χ2v) is 5.02. The van der Waals surface area contributed by atoms with Crippen LogP contribution >= 0.6 is 0 Å². The maximum absolute atomic E-state index is 12.2. The third-order valence-electron chi connectivity index (χ3n) is 3.34. The molecule has 0 atom stereocenters. The number of hydrogen-bond donors (Lipinski definition) is 0. The van der Waals surface area contributed by atoms with Crippen LogP contribution in [-0.4, -0.2) is 25.6 Å². The van der Waals surface area contributed by atoms with E-state index in [-0.39, 0.29) is 17.3 Å². The van der Waals surface area contributed by atoms with E-state index in [0.717, 1.165) is 5.56 Å². The highest BCUT2D eigenvalue weighted by Gasteiger charge is 2.24. The number of rotatable bonds is 5. The second-order valence-electron chi connectivity index (χ2n) is 5.02. The SMILES string of the molecule is COc1cccc(/C=C2\N=C(c3ccc(OC(F)F)cc3)OC2=O)c1. The summed E-state index contributed by atoms with van der Waals surface area (Å²) in [6.45, 7) is -2.90. The number of methoxy groups -OCH3 is 1. The molecule has 0 amide bonds. The molecule has 0 aromatic heterocycles. The highest BCUT2D eigenvalue weighted by molar-refractivity contribution is 6.12. The Morgan fingerprint density at radius 2 is 1.88 bits per heavy atom. The number of ether oxygens (including phenoxy) is 3. The van der Waals surface area contributed by atoms with Crippen LogP contribution in [0, 0.1) is 0 Å². The van der Waals surface area contributed by atoms with Crippen molar-refractivity contribution in [1.29, 1.82) is 0 Å². The number of cyclic esters (lactones) is 1. The quantitative estimate of drug-likeness (QED) is 0.613. The molecule has 0 saturated carbocycles. The molecule has 0 aliphatic carbocycles. The fraction of sp³-hybridized carbons (Fsp3) is 0.111. The third kappa shape index (κ3) is 4.00. The number of nitrogens with zero attached hydrogens (tertiary/aromatic N) is 1. The molecule has 128 valence electrons. The number of alkyl halides is 2. The van der Waals surface area contributed by atoms with Gasteiger partial charge in [0.2, 0.25) is 5.90 Å². The Morgan fingerprint density at radius 3 is 2.56 bits per heavy atom. The van der Waals surface area contributed by atoms with E-state index in [4.69, 9.17) is 9.47 Å². The molecule has 0 fully saturated rings. The standard InChI is InChI=1S/C18H13F2NO4/c1-23-14-4-2-3-11(9-14)10-15-17(22)25-16(21-15)12-5-7-13(8-6-12)24-18(19)20/h2-10,18H,1H3/b15-10-. The van der Waals surface area contributed by atoms with E-state index in [0.29, 0.717) is 11.3 Å². The van der Waals surface area contributed by atoms with Crippen LogP contribution in [0.2, 0.25) is 0 Å². The number of aliphatic imine (C=N–C) groups is 1. The first kappa shape index (κ1) is 16.6. The molecular weight excluding hydrogens is 332 g/mol. The first-order valence-corrected chi connectivity index (χ1v) is 7.27. The zero-order chi connectivity index (χ0) is 17.8. The normalized spacial score (nSPS) is 15.3. The number of hydrogen-bond acceptors (Lipinski definition) is 5. The molecule has 2 aromatic carbocycles. The number of carbonyl (C=O) groups excluding carboxylic acids is 1. The minimum atomic E-state index is -2.90. The van der Waals surface area contributed by atoms with Crippen molar-refractivity contribution >= 4 is 17.9 Å². The molecule has 0 radical (unpaired) electrons. The maximum Gasteiger partial charge on any atom is 0.387 e. The van der Waals surface area contributed by atoms with Crippen LogP contribution in [0.3, 0.4) is 0 Å². The topological polar surface area (TPSA) is 57.1 Å². The van der Waals surface area contributed by atoms with Gasteiger partial charge in [-0.3, -0.25) is 0 Å². The Balaban J connectivity index is 1.83. The summed E-state index contributed by atoms with van der Waals surface area (Å²) < 4.78 is 38.8. The van der Waals surface area contributed by atoms with Crippen LogP contribution in [0.25, 0.3) is 6.08 Å². The Hall–Kier alpha value is -3.22. The van der Waals surface area contributed by atoms with Crippen molar-refractivity contribution in [2.45, 2.75) is 6.61 Å². The van der Waals surface area contributed by atoms with E-state index in [9.17, 15) is 13.6 Å². The van der Waals surface area contributed by atoms with E-state index >= 15 is 0 Å². The average molecular weight is 345 g/mol. The van der Waals surface area contributed by atoms with E-state index < -0.39 is 12.6 Å². The molecule has 5 nitrogen and oxygen atoms in total. The minimum absolute atomic E-state index is 0.0100. The molecule has 25 heavy (non-hydrogen) atoms. The fourth-order valence-electron chi connectivity index (χ4n) is 2.20. The lowest BCUT2D eigenvalue weighted by atomic mass is 10.2. The average Bonchev–Trinajstić information content (AvgIpc) is 2.96. The van der Waals surface area contributed by atoms with Crippen molar-refractivity contribution in [3.8, 4) is 11.5 Å². The Bertz CT molecular complexity index is 844. The molecule has 7 heteroatoms. The van der Waals surface area contributed by atoms with Crippen molar-refractivity contribution < 1.29 is 27.8 Å². The molecular formula is C18H13F2NO4. The van der Waals surface area contributed by atoms with Crippen molar-refractivity contribution in [1.82, 2.24) is 0 Å². The summed E-state index contributed by atoms with van der Waals surface area (Å²) in [6.07, 6.45) is 1.58. The van der Waals surface area contributed by atoms with E-state index in [2.05, 4.69) is 9.73 Å². The molecule has 1 heterocycles. The summed E-state index contributed by atoms with van der Waals surface area (Å²) in [6, 6.07) is 12.8. The van der Waals surface area contributed by atoms with E-state index in [1.165, 1.54) is 24.3 Å². The van der Waals surface area contributed by atoms with Gasteiger partial charge in [0.25, 0.3) is 0 Å². The predicted octanol–water partition coefficient (Wildman–Crippen LogP) is 3.64. The minimum Gasteiger partial charge on any atom is -0.497 e. The van der Waals surface area contributed by atoms with Crippen molar-refractivity contribution in [2.24, 2.45) is 4.99 Å². The number of halogens is 2. The van der Waals surface area contributed by atoms with Gasteiger partial charge < -0.3 is 14.2 Å². The van der Waals surface area contributed by atoms with E-state index in [1.807, 2.05) is 0 Å². The van der Waals surface area contributed by atoms with Crippen molar-refractivity contribution in [3.63, 3.8) is 0 Å². The Labute approximate surface area is 142 Å². The summed E-state index contributed by atoms with van der Waals surface area (Å²) in [5, 5.41) is 0.